The molecule has 0 radical (unpaired) electrons. The number of alkyl halides is 1. The first kappa shape index (κ1) is 25.1. The van der Waals surface area contributed by atoms with Crippen molar-refractivity contribution in [2.45, 2.75) is 49.1 Å². The molecule has 1 aliphatic rings. The Kier molecular flexibility index (Phi) is 6.78. The van der Waals surface area contributed by atoms with Crippen LogP contribution in [0.4, 0.5) is 5.82 Å². The number of aromatic nitrogens is 3. The largest absolute Gasteiger partial charge is 0.405 e. The molecule has 0 aliphatic carbocycles. The first-order valence-electron chi connectivity index (χ1n) is 12.0. The predicted octanol–water partition coefficient (Wildman–Crippen LogP) is 3.61. The number of anilines is 1. The molecule has 0 spiro atoms. The van der Waals surface area contributed by atoms with E-state index in [9.17, 15) is 5.11 Å². The van der Waals surface area contributed by atoms with Gasteiger partial charge in [0.2, 0.25) is 0 Å². The summed E-state index contributed by atoms with van der Waals surface area (Å²) in [5.41, 5.74) is 6.64. The van der Waals surface area contributed by atoms with Crippen LogP contribution in [0, 0.1) is 0 Å². The van der Waals surface area contributed by atoms with E-state index < -0.39 is 20.6 Å². The molecule has 36 heavy (non-hydrogen) atoms. The number of hydrogen-bond acceptors (Lipinski definition) is 6. The fraction of sp³-hybridized carbons (Fsp3) is 0.333. The first-order valence-corrected chi connectivity index (χ1v) is 14.9. The number of nitrogen functional groups attached to an aromatic ring is 1. The van der Waals surface area contributed by atoms with Gasteiger partial charge in [0.1, 0.15) is 23.9 Å². The Morgan fingerprint density at radius 3 is 2.22 bits per heavy atom. The second kappa shape index (κ2) is 9.72. The first-order chi connectivity index (χ1) is 17.2. The van der Waals surface area contributed by atoms with Crippen molar-refractivity contribution in [3.63, 3.8) is 0 Å². The van der Waals surface area contributed by atoms with Crippen LogP contribution in [0.5, 0.6) is 0 Å². The molecule has 9 heteroatoms. The van der Waals surface area contributed by atoms with E-state index in [2.05, 4.69) is 95.2 Å². The van der Waals surface area contributed by atoms with E-state index in [0.29, 0.717) is 18.1 Å². The van der Waals surface area contributed by atoms with Gasteiger partial charge in [0.25, 0.3) is 8.32 Å². The van der Waals surface area contributed by atoms with Crippen molar-refractivity contribution in [2.24, 2.45) is 0 Å². The standard InChI is InChI=1S/C27H31BrN4O3Si/c1-27(2,3)36(18-10-6-4-7-11-18,19-12-8-5-9-13-19)34-16-21-22(28)23(33)26(35-21)32-15-14-20-24(29)30-17-31-25(20)32/h4-15,17,21-23,26,33H,16H2,1-3H3,(H2,29,30,31)/t21-,22+,23-,26-/m1/s1. The van der Waals surface area contributed by atoms with Crippen LogP contribution in [0.3, 0.4) is 0 Å². The fourth-order valence-corrected chi connectivity index (χ4v) is 10.3. The van der Waals surface area contributed by atoms with Crippen molar-refractivity contribution < 1.29 is 14.3 Å². The number of nitrogens with zero attached hydrogens (tertiary/aromatic N) is 3. The fourth-order valence-electron chi connectivity index (χ4n) is 5.24. The maximum Gasteiger partial charge on any atom is 0.261 e. The zero-order valence-electron chi connectivity index (χ0n) is 20.6. The molecule has 1 fully saturated rings. The van der Waals surface area contributed by atoms with Crippen molar-refractivity contribution in [3.05, 3.63) is 79.3 Å². The van der Waals surface area contributed by atoms with Gasteiger partial charge < -0.3 is 24.6 Å². The molecule has 188 valence electrons. The van der Waals surface area contributed by atoms with Crippen LogP contribution < -0.4 is 16.1 Å². The molecule has 0 amide bonds. The molecule has 1 saturated heterocycles. The van der Waals surface area contributed by atoms with Crippen LogP contribution in [-0.4, -0.2) is 51.6 Å². The highest BCUT2D eigenvalue weighted by molar-refractivity contribution is 9.09. The number of hydrogen-bond donors (Lipinski definition) is 2. The normalized spacial score (nSPS) is 22.8. The number of benzene rings is 2. The number of halogens is 1. The molecule has 4 aromatic rings. The van der Waals surface area contributed by atoms with Crippen molar-refractivity contribution in [1.29, 1.82) is 0 Å². The van der Waals surface area contributed by atoms with Gasteiger partial charge in [-0.25, -0.2) is 9.97 Å². The summed E-state index contributed by atoms with van der Waals surface area (Å²) in [6, 6.07) is 22.8. The van der Waals surface area contributed by atoms with Crippen LogP contribution in [0.2, 0.25) is 5.04 Å². The number of ether oxygens (including phenoxy) is 1. The molecule has 2 aromatic carbocycles. The van der Waals surface area contributed by atoms with Gasteiger partial charge in [-0.2, -0.15) is 0 Å². The number of nitrogens with two attached hydrogens (primary N) is 1. The molecule has 5 rings (SSSR count). The topological polar surface area (TPSA) is 95.4 Å². The molecular weight excluding hydrogens is 536 g/mol. The highest BCUT2D eigenvalue weighted by Crippen LogP contribution is 2.40. The van der Waals surface area contributed by atoms with Crippen LogP contribution in [0.1, 0.15) is 27.0 Å². The van der Waals surface area contributed by atoms with Gasteiger partial charge in [0, 0.05) is 6.20 Å². The van der Waals surface area contributed by atoms with Gasteiger partial charge in [-0.15, -0.1) is 0 Å². The summed E-state index contributed by atoms with van der Waals surface area (Å²) in [4.78, 5) is 8.11. The van der Waals surface area contributed by atoms with Crippen LogP contribution in [0.15, 0.2) is 79.3 Å². The third-order valence-electron chi connectivity index (χ3n) is 6.98. The summed E-state index contributed by atoms with van der Waals surface area (Å²) < 4.78 is 15.3. The third-order valence-corrected chi connectivity index (χ3v) is 13.1. The lowest BCUT2D eigenvalue weighted by atomic mass is 10.2. The van der Waals surface area contributed by atoms with Gasteiger partial charge in [0.05, 0.1) is 22.9 Å². The molecule has 0 saturated carbocycles. The zero-order chi connectivity index (χ0) is 25.5. The van der Waals surface area contributed by atoms with Gasteiger partial charge in [-0.05, 0) is 21.5 Å². The SMILES string of the molecule is CC(C)(C)[Si](OC[C@H]1O[C@@H](n2ccc3c(N)ncnc32)[C@H](O)[C@H]1Br)(c1ccccc1)c1ccccc1. The van der Waals surface area contributed by atoms with Crippen molar-refractivity contribution >= 4 is 51.5 Å². The van der Waals surface area contributed by atoms with Crippen molar-refractivity contribution in [2.75, 3.05) is 12.3 Å². The minimum absolute atomic E-state index is 0.154. The molecular formula is C27H31BrN4O3Si. The summed E-state index contributed by atoms with van der Waals surface area (Å²) in [6.07, 6.45) is 1.45. The lowest BCUT2D eigenvalue weighted by molar-refractivity contribution is -0.0464. The van der Waals surface area contributed by atoms with E-state index in [-0.39, 0.29) is 16.0 Å². The molecule has 1 aliphatic heterocycles. The van der Waals surface area contributed by atoms with E-state index in [1.807, 2.05) is 29.0 Å². The lowest BCUT2D eigenvalue weighted by Gasteiger charge is -2.43. The third kappa shape index (κ3) is 4.18. The number of aliphatic hydroxyl groups excluding tert-OH is 1. The Labute approximate surface area is 220 Å². The second-order valence-electron chi connectivity index (χ2n) is 10.2. The average Bonchev–Trinajstić information content (AvgIpc) is 3.42. The molecule has 2 aromatic heterocycles. The molecule has 0 bridgehead atoms. The molecule has 3 N–H and O–H groups in total. The van der Waals surface area contributed by atoms with Gasteiger partial charge in [-0.1, -0.05) is 97.4 Å². The minimum atomic E-state index is -2.73. The Balaban J connectivity index is 1.48. The van der Waals surface area contributed by atoms with E-state index >= 15 is 0 Å². The molecule has 3 heterocycles. The van der Waals surface area contributed by atoms with Gasteiger partial charge in [0.15, 0.2) is 6.23 Å². The summed E-state index contributed by atoms with van der Waals surface area (Å²) in [6.45, 7) is 7.06. The summed E-state index contributed by atoms with van der Waals surface area (Å²) in [5.74, 6) is 0.396. The maximum atomic E-state index is 11.1. The van der Waals surface area contributed by atoms with Crippen LogP contribution >= 0.6 is 15.9 Å². The highest BCUT2D eigenvalue weighted by atomic mass is 79.9. The van der Waals surface area contributed by atoms with E-state index in [0.717, 1.165) is 5.39 Å². The van der Waals surface area contributed by atoms with Gasteiger partial charge in [-0.3, -0.25) is 0 Å². The lowest BCUT2D eigenvalue weighted by Crippen LogP contribution is -2.67. The Bertz CT molecular complexity index is 1290. The average molecular weight is 568 g/mol. The number of rotatable bonds is 6. The predicted molar refractivity (Wildman–Crippen MR) is 148 cm³/mol. The van der Waals surface area contributed by atoms with Gasteiger partial charge >= 0.3 is 0 Å². The van der Waals surface area contributed by atoms with E-state index in [1.165, 1.54) is 16.7 Å². The summed E-state index contributed by atoms with van der Waals surface area (Å²) >= 11 is 3.70. The Hall–Kier alpha value is -2.56. The van der Waals surface area contributed by atoms with Crippen molar-refractivity contribution in [1.82, 2.24) is 14.5 Å². The minimum Gasteiger partial charge on any atom is -0.405 e. The Morgan fingerprint density at radius 1 is 1.03 bits per heavy atom. The van der Waals surface area contributed by atoms with Crippen molar-refractivity contribution in [3.8, 4) is 0 Å². The number of aliphatic hydroxyl groups is 1. The molecule has 4 atom stereocenters. The van der Waals surface area contributed by atoms with E-state index in [4.69, 9.17) is 14.9 Å². The smallest absolute Gasteiger partial charge is 0.261 e. The van der Waals surface area contributed by atoms with Crippen LogP contribution in [0.25, 0.3) is 11.0 Å². The number of fused-ring (bicyclic) bond motifs is 1. The maximum absolute atomic E-state index is 11.1. The van der Waals surface area contributed by atoms with E-state index in [1.54, 1.807) is 0 Å². The highest BCUT2D eigenvalue weighted by Gasteiger charge is 2.52. The zero-order valence-corrected chi connectivity index (χ0v) is 23.2. The Morgan fingerprint density at radius 2 is 1.64 bits per heavy atom. The summed E-state index contributed by atoms with van der Waals surface area (Å²) in [7, 11) is -2.73. The quantitative estimate of drug-likeness (QED) is 0.273. The monoisotopic (exact) mass is 566 g/mol. The van der Waals surface area contributed by atoms with Crippen LogP contribution in [-0.2, 0) is 9.16 Å². The second-order valence-corrected chi connectivity index (χ2v) is 15.6. The molecule has 7 nitrogen and oxygen atoms in total. The summed E-state index contributed by atoms with van der Waals surface area (Å²) in [5, 5.41) is 14.1. The molecule has 0 unspecified atom stereocenters.